The monoisotopic (exact) mass is 399 g/mol. The van der Waals surface area contributed by atoms with Crippen molar-refractivity contribution in [2.45, 2.75) is 25.7 Å². The standard InChI is InChI=1S/C18H20F3N3O4/c1-26-10-6-14(27-2)12(15(7-10)28-3)8-24-5-4-11-13(9-24)22-17(18(19,20)21)23-16(11)25/h6-7H,4-5,8-9H2,1-3H3,(H,22,23,25). The van der Waals surface area contributed by atoms with Crippen molar-refractivity contribution in [2.75, 3.05) is 27.9 Å². The topological polar surface area (TPSA) is 76.7 Å². The number of halogens is 3. The molecule has 1 aliphatic heterocycles. The van der Waals surface area contributed by atoms with E-state index in [1.807, 2.05) is 9.88 Å². The van der Waals surface area contributed by atoms with Crippen LogP contribution in [0, 0.1) is 0 Å². The third-order valence-electron chi connectivity index (χ3n) is 4.62. The van der Waals surface area contributed by atoms with Gasteiger partial charge in [0.2, 0.25) is 5.82 Å². The van der Waals surface area contributed by atoms with Crippen molar-refractivity contribution in [1.29, 1.82) is 0 Å². The van der Waals surface area contributed by atoms with Gasteiger partial charge in [0.15, 0.2) is 0 Å². The lowest BCUT2D eigenvalue weighted by molar-refractivity contribution is -0.145. The Morgan fingerprint density at radius 2 is 1.79 bits per heavy atom. The normalized spacial score (nSPS) is 14.5. The number of rotatable bonds is 5. The molecule has 7 nitrogen and oxygen atoms in total. The quantitative estimate of drug-likeness (QED) is 0.832. The first-order valence-electron chi connectivity index (χ1n) is 8.47. The Hall–Kier alpha value is -2.75. The SMILES string of the molecule is COc1cc(OC)c(CN2CCc3c(nc(C(F)(F)F)[nH]c3=O)C2)c(OC)c1. The lowest BCUT2D eigenvalue weighted by atomic mass is 10.0. The second kappa shape index (κ2) is 7.70. The van der Waals surface area contributed by atoms with Gasteiger partial charge in [-0.1, -0.05) is 0 Å². The third kappa shape index (κ3) is 3.91. The highest BCUT2D eigenvalue weighted by Crippen LogP contribution is 2.35. The zero-order valence-electron chi connectivity index (χ0n) is 15.6. The summed E-state index contributed by atoms with van der Waals surface area (Å²) in [6.07, 6.45) is -4.41. The van der Waals surface area contributed by atoms with Crippen molar-refractivity contribution in [2.24, 2.45) is 0 Å². The molecule has 1 aromatic carbocycles. The van der Waals surface area contributed by atoms with Crippen LogP contribution >= 0.6 is 0 Å². The van der Waals surface area contributed by atoms with E-state index in [2.05, 4.69) is 4.98 Å². The van der Waals surface area contributed by atoms with E-state index in [9.17, 15) is 18.0 Å². The number of H-pyrrole nitrogens is 1. The fourth-order valence-corrected chi connectivity index (χ4v) is 3.22. The molecule has 0 aliphatic carbocycles. The van der Waals surface area contributed by atoms with Crippen LogP contribution in [0.15, 0.2) is 16.9 Å². The highest BCUT2D eigenvalue weighted by Gasteiger charge is 2.36. The first kappa shape index (κ1) is 20.0. The summed E-state index contributed by atoms with van der Waals surface area (Å²) < 4.78 is 54.9. The summed E-state index contributed by atoms with van der Waals surface area (Å²) in [6, 6.07) is 3.42. The molecule has 0 amide bonds. The molecule has 0 unspecified atom stereocenters. The summed E-state index contributed by atoms with van der Waals surface area (Å²) in [5.74, 6) is 0.357. The molecule has 1 N–H and O–H groups in total. The Morgan fingerprint density at radius 1 is 1.14 bits per heavy atom. The second-order valence-electron chi connectivity index (χ2n) is 6.31. The molecule has 28 heavy (non-hydrogen) atoms. The molecule has 3 rings (SSSR count). The van der Waals surface area contributed by atoms with Gasteiger partial charge in [-0.05, 0) is 6.42 Å². The molecular formula is C18H20F3N3O4. The minimum atomic E-state index is -4.71. The number of benzene rings is 1. The minimum absolute atomic E-state index is 0.112. The van der Waals surface area contributed by atoms with E-state index in [0.29, 0.717) is 36.8 Å². The van der Waals surface area contributed by atoms with Crippen molar-refractivity contribution in [1.82, 2.24) is 14.9 Å². The molecule has 10 heteroatoms. The maximum atomic E-state index is 13.0. The second-order valence-corrected chi connectivity index (χ2v) is 6.31. The fourth-order valence-electron chi connectivity index (χ4n) is 3.22. The van der Waals surface area contributed by atoms with Gasteiger partial charge in [-0.3, -0.25) is 9.69 Å². The van der Waals surface area contributed by atoms with Crippen LogP contribution in [0.4, 0.5) is 13.2 Å². The van der Waals surface area contributed by atoms with Crippen molar-refractivity contribution < 1.29 is 27.4 Å². The average Bonchev–Trinajstić information content (AvgIpc) is 2.67. The highest BCUT2D eigenvalue weighted by atomic mass is 19.4. The molecule has 1 aliphatic rings. The van der Waals surface area contributed by atoms with Crippen molar-refractivity contribution >= 4 is 0 Å². The number of hydrogen-bond donors (Lipinski definition) is 1. The predicted molar refractivity (Wildman–Crippen MR) is 93.8 cm³/mol. The Labute approximate surface area is 159 Å². The number of aromatic amines is 1. The largest absolute Gasteiger partial charge is 0.496 e. The smallest absolute Gasteiger partial charge is 0.449 e. The number of ether oxygens (including phenoxy) is 3. The zero-order chi connectivity index (χ0) is 20.5. The van der Waals surface area contributed by atoms with Crippen LogP contribution in [-0.2, 0) is 25.7 Å². The number of methoxy groups -OCH3 is 3. The first-order chi connectivity index (χ1) is 13.3. The summed E-state index contributed by atoms with van der Waals surface area (Å²) in [5, 5.41) is 0. The van der Waals surface area contributed by atoms with E-state index in [0.717, 1.165) is 5.56 Å². The third-order valence-corrected chi connectivity index (χ3v) is 4.62. The molecule has 0 radical (unpaired) electrons. The Kier molecular flexibility index (Phi) is 5.50. The summed E-state index contributed by atoms with van der Waals surface area (Å²) >= 11 is 0. The van der Waals surface area contributed by atoms with Gasteiger partial charge in [0.1, 0.15) is 17.2 Å². The summed E-state index contributed by atoms with van der Waals surface area (Å²) in [5.41, 5.74) is 0.415. The van der Waals surface area contributed by atoms with Gasteiger partial charge in [-0.15, -0.1) is 0 Å². The van der Waals surface area contributed by atoms with Gasteiger partial charge >= 0.3 is 6.18 Å². The Morgan fingerprint density at radius 3 is 2.32 bits per heavy atom. The molecule has 2 aromatic rings. The van der Waals surface area contributed by atoms with E-state index in [-0.39, 0.29) is 17.8 Å². The van der Waals surface area contributed by atoms with Gasteiger partial charge in [-0.2, -0.15) is 13.2 Å². The van der Waals surface area contributed by atoms with Crippen LogP contribution in [0.25, 0.3) is 0 Å². The molecule has 0 saturated carbocycles. The lowest BCUT2D eigenvalue weighted by Gasteiger charge is -2.29. The number of nitrogens with zero attached hydrogens (tertiary/aromatic N) is 2. The van der Waals surface area contributed by atoms with E-state index >= 15 is 0 Å². The molecule has 0 bridgehead atoms. The number of aromatic nitrogens is 2. The highest BCUT2D eigenvalue weighted by molar-refractivity contribution is 5.50. The van der Waals surface area contributed by atoms with Crippen LogP contribution in [0.3, 0.4) is 0 Å². The maximum Gasteiger partial charge on any atom is 0.449 e. The summed E-state index contributed by atoms with van der Waals surface area (Å²) in [7, 11) is 4.55. The molecule has 152 valence electrons. The van der Waals surface area contributed by atoms with E-state index in [1.54, 1.807) is 12.1 Å². The molecule has 0 spiro atoms. The van der Waals surface area contributed by atoms with E-state index < -0.39 is 17.6 Å². The maximum absolute atomic E-state index is 13.0. The van der Waals surface area contributed by atoms with Crippen LogP contribution in [-0.4, -0.2) is 42.7 Å². The molecular weight excluding hydrogens is 379 g/mol. The Bertz CT molecular complexity index is 902. The van der Waals surface area contributed by atoms with Gasteiger partial charge in [-0.25, -0.2) is 4.98 Å². The van der Waals surface area contributed by atoms with Crippen molar-refractivity contribution in [3.05, 3.63) is 45.1 Å². The van der Waals surface area contributed by atoms with Crippen molar-refractivity contribution in [3.8, 4) is 17.2 Å². The fraction of sp³-hybridized carbons (Fsp3) is 0.444. The van der Waals surface area contributed by atoms with E-state index in [4.69, 9.17) is 14.2 Å². The van der Waals surface area contributed by atoms with Gasteiger partial charge in [0.05, 0.1) is 32.6 Å². The van der Waals surface area contributed by atoms with Crippen LogP contribution in [0.1, 0.15) is 22.6 Å². The van der Waals surface area contributed by atoms with Crippen LogP contribution < -0.4 is 19.8 Å². The molecule has 1 aromatic heterocycles. The Balaban J connectivity index is 1.91. The first-order valence-corrected chi connectivity index (χ1v) is 8.47. The summed E-state index contributed by atoms with van der Waals surface area (Å²) in [4.78, 5) is 19.4. The number of fused-ring (bicyclic) bond motifs is 1. The van der Waals surface area contributed by atoms with Gasteiger partial charge in [0, 0.05) is 37.3 Å². The summed E-state index contributed by atoms with van der Waals surface area (Å²) in [6.45, 7) is 0.952. The van der Waals surface area contributed by atoms with Gasteiger partial charge in [0.25, 0.3) is 5.56 Å². The van der Waals surface area contributed by atoms with E-state index in [1.165, 1.54) is 21.3 Å². The number of nitrogens with one attached hydrogen (secondary N) is 1. The molecule has 0 saturated heterocycles. The van der Waals surface area contributed by atoms with Crippen LogP contribution in [0.5, 0.6) is 17.2 Å². The number of alkyl halides is 3. The zero-order valence-corrected chi connectivity index (χ0v) is 15.6. The average molecular weight is 399 g/mol. The molecule has 0 atom stereocenters. The van der Waals surface area contributed by atoms with Crippen molar-refractivity contribution in [3.63, 3.8) is 0 Å². The van der Waals surface area contributed by atoms with Gasteiger partial charge < -0.3 is 19.2 Å². The number of hydrogen-bond acceptors (Lipinski definition) is 6. The minimum Gasteiger partial charge on any atom is -0.496 e. The molecule has 2 heterocycles. The van der Waals surface area contributed by atoms with Crippen LogP contribution in [0.2, 0.25) is 0 Å². The predicted octanol–water partition coefficient (Wildman–Crippen LogP) is 2.37. The molecule has 0 fully saturated rings. The lowest BCUT2D eigenvalue weighted by Crippen LogP contribution is -2.36.